The Morgan fingerprint density at radius 2 is 1.90 bits per heavy atom. The lowest BCUT2D eigenvalue weighted by Crippen LogP contribution is -2.48. The highest BCUT2D eigenvalue weighted by atomic mass is 16.7. The van der Waals surface area contributed by atoms with Gasteiger partial charge in [-0.15, -0.1) is 0 Å². The number of methoxy groups -OCH3 is 2. The van der Waals surface area contributed by atoms with Gasteiger partial charge < -0.3 is 9.47 Å². The Morgan fingerprint density at radius 3 is 2.57 bits per heavy atom. The molecule has 1 saturated heterocycles. The SMILES string of the molecule is COC1(OC)C=CC(=O)C2CN(Cc3ccccc3)CC21. The van der Waals surface area contributed by atoms with Crippen LogP contribution in [0.1, 0.15) is 5.56 Å². The summed E-state index contributed by atoms with van der Waals surface area (Å²) in [7, 11) is 3.28. The van der Waals surface area contributed by atoms with Gasteiger partial charge in [0.25, 0.3) is 0 Å². The maximum atomic E-state index is 12.2. The highest BCUT2D eigenvalue weighted by Crippen LogP contribution is 2.40. The fourth-order valence-electron chi connectivity index (χ4n) is 3.52. The van der Waals surface area contributed by atoms with Crippen molar-refractivity contribution in [3.8, 4) is 0 Å². The molecule has 0 aromatic heterocycles. The van der Waals surface area contributed by atoms with Crippen LogP contribution < -0.4 is 0 Å². The van der Waals surface area contributed by atoms with Crippen molar-refractivity contribution in [3.63, 3.8) is 0 Å². The van der Waals surface area contributed by atoms with Crippen molar-refractivity contribution >= 4 is 5.78 Å². The fraction of sp³-hybridized carbons (Fsp3) is 0.471. The summed E-state index contributed by atoms with van der Waals surface area (Å²) in [6, 6.07) is 10.3. The zero-order valence-electron chi connectivity index (χ0n) is 12.5. The lowest BCUT2D eigenvalue weighted by atomic mass is 9.80. The van der Waals surface area contributed by atoms with Crippen LogP contribution in [0.3, 0.4) is 0 Å². The van der Waals surface area contributed by atoms with Gasteiger partial charge >= 0.3 is 0 Å². The van der Waals surface area contributed by atoms with Crippen LogP contribution >= 0.6 is 0 Å². The van der Waals surface area contributed by atoms with E-state index in [1.165, 1.54) is 5.56 Å². The minimum Gasteiger partial charge on any atom is -0.349 e. The quantitative estimate of drug-likeness (QED) is 0.792. The van der Waals surface area contributed by atoms with Crippen molar-refractivity contribution in [1.82, 2.24) is 4.90 Å². The molecule has 21 heavy (non-hydrogen) atoms. The lowest BCUT2D eigenvalue weighted by Gasteiger charge is -2.38. The third-order valence-electron chi connectivity index (χ3n) is 4.64. The Hall–Kier alpha value is -1.49. The fourth-order valence-corrected chi connectivity index (χ4v) is 3.52. The molecule has 0 saturated carbocycles. The Labute approximate surface area is 125 Å². The maximum Gasteiger partial charge on any atom is 0.192 e. The van der Waals surface area contributed by atoms with Crippen LogP contribution in [0.2, 0.25) is 0 Å². The first-order chi connectivity index (χ1) is 10.2. The summed E-state index contributed by atoms with van der Waals surface area (Å²) in [4.78, 5) is 14.5. The zero-order chi connectivity index (χ0) is 14.9. The zero-order valence-corrected chi connectivity index (χ0v) is 12.5. The minimum atomic E-state index is -0.774. The average Bonchev–Trinajstić information content (AvgIpc) is 2.94. The number of ketones is 1. The van der Waals surface area contributed by atoms with Crippen LogP contribution in [0.4, 0.5) is 0 Å². The van der Waals surface area contributed by atoms with E-state index in [1.54, 1.807) is 26.4 Å². The molecule has 112 valence electrons. The van der Waals surface area contributed by atoms with E-state index >= 15 is 0 Å². The maximum absolute atomic E-state index is 12.2. The van der Waals surface area contributed by atoms with Crippen LogP contribution in [0, 0.1) is 11.8 Å². The van der Waals surface area contributed by atoms with Crippen molar-refractivity contribution in [2.45, 2.75) is 12.3 Å². The van der Waals surface area contributed by atoms with E-state index in [4.69, 9.17) is 9.47 Å². The Bertz CT molecular complexity index is 536. The number of allylic oxidation sites excluding steroid dienone is 1. The molecule has 1 aromatic carbocycles. The van der Waals surface area contributed by atoms with Gasteiger partial charge in [-0.1, -0.05) is 30.3 Å². The largest absolute Gasteiger partial charge is 0.349 e. The third-order valence-corrected chi connectivity index (χ3v) is 4.64. The van der Waals surface area contributed by atoms with Gasteiger partial charge in [0, 0.05) is 45.7 Å². The standard InChI is InChI=1S/C17H21NO3/c1-20-17(21-2)9-8-16(19)14-11-18(12-15(14)17)10-13-6-4-3-5-7-13/h3-9,14-15H,10-12H2,1-2H3. The van der Waals surface area contributed by atoms with Crippen LogP contribution in [0.15, 0.2) is 42.5 Å². The second-order valence-electron chi connectivity index (χ2n) is 5.76. The summed E-state index contributed by atoms with van der Waals surface area (Å²) in [5, 5.41) is 0. The van der Waals surface area contributed by atoms with Gasteiger partial charge in [0.05, 0.1) is 0 Å². The monoisotopic (exact) mass is 287 g/mol. The molecule has 4 nitrogen and oxygen atoms in total. The number of benzene rings is 1. The highest BCUT2D eigenvalue weighted by molar-refractivity contribution is 5.93. The second kappa shape index (κ2) is 5.72. The van der Waals surface area contributed by atoms with Crippen LogP contribution in [-0.4, -0.2) is 43.8 Å². The van der Waals surface area contributed by atoms with E-state index in [0.717, 1.165) is 19.6 Å². The van der Waals surface area contributed by atoms with Crippen LogP contribution in [0.5, 0.6) is 0 Å². The molecule has 1 aromatic rings. The lowest BCUT2D eigenvalue weighted by molar-refractivity contribution is -0.211. The van der Waals surface area contributed by atoms with Gasteiger partial charge in [-0.2, -0.15) is 0 Å². The molecule has 1 aliphatic carbocycles. The van der Waals surface area contributed by atoms with Gasteiger partial charge in [0.1, 0.15) is 0 Å². The molecule has 1 aliphatic heterocycles. The molecular weight excluding hydrogens is 266 g/mol. The summed E-state index contributed by atoms with van der Waals surface area (Å²) in [6.07, 6.45) is 3.38. The molecule has 0 radical (unpaired) electrons. The molecule has 2 unspecified atom stereocenters. The number of rotatable bonds is 4. The topological polar surface area (TPSA) is 38.8 Å². The van der Waals surface area contributed by atoms with Gasteiger partial charge in [0.15, 0.2) is 11.6 Å². The van der Waals surface area contributed by atoms with E-state index in [2.05, 4.69) is 17.0 Å². The molecule has 3 rings (SSSR count). The predicted molar refractivity (Wildman–Crippen MR) is 79.6 cm³/mol. The summed E-state index contributed by atoms with van der Waals surface area (Å²) in [5.41, 5.74) is 1.26. The molecule has 0 N–H and O–H groups in total. The van der Waals surface area contributed by atoms with Gasteiger partial charge in [-0.05, 0) is 17.7 Å². The molecule has 1 heterocycles. The number of hydrogen-bond acceptors (Lipinski definition) is 4. The van der Waals surface area contributed by atoms with Crippen molar-refractivity contribution in [2.24, 2.45) is 11.8 Å². The van der Waals surface area contributed by atoms with Crippen molar-refractivity contribution in [1.29, 1.82) is 0 Å². The van der Waals surface area contributed by atoms with Gasteiger partial charge in [-0.25, -0.2) is 0 Å². The minimum absolute atomic E-state index is 0.0430. The van der Waals surface area contributed by atoms with E-state index in [-0.39, 0.29) is 17.6 Å². The number of ether oxygens (including phenoxy) is 2. The number of carbonyl (C=O) groups is 1. The molecule has 1 fully saturated rings. The molecule has 0 bridgehead atoms. The number of nitrogens with zero attached hydrogens (tertiary/aromatic N) is 1. The summed E-state index contributed by atoms with van der Waals surface area (Å²) in [5.74, 6) is -0.586. The first-order valence-electron chi connectivity index (χ1n) is 7.28. The van der Waals surface area contributed by atoms with Crippen molar-refractivity contribution < 1.29 is 14.3 Å². The van der Waals surface area contributed by atoms with Crippen LogP contribution in [-0.2, 0) is 20.8 Å². The smallest absolute Gasteiger partial charge is 0.192 e. The summed E-state index contributed by atoms with van der Waals surface area (Å²) < 4.78 is 11.2. The van der Waals surface area contributed by atoms with Crippen LogP contribution in [0.25, 0.3) is 0 Å². The second-order valence-corrected chi connectivity index (χ2v) is 5.76. The van der Waals surface area contributed by atoms with Gasteiger partial charge in [0.2, 0.25) is 0 Å². The molecule has 2 aliphatic rings. The normalized spacial score (nSPS) is 27.8. The Balaban J connectivity index is 1.79. The highest BCUT2D eigenvalue weighted by Gasteiger charge is 2.51. The Morgan fingerprint density at radius 1 is 1.19 bits per heavy atom. The number of fused-ring (bicyclic) bond motifs is 1. The molecule has 4 heteroatoms. The summed E-state index contributed by atoms with van der Waals surface area (Å²) in [6.45, 7) is 2.42. The summed E-state index contributed by atoms with van der Waals surface area (Å²) >= 11 is 0. The predicted octanol–water partition coefficient (Wildman–Crippen LogP) is 1.86. The molecule has 0 spiro atoms. The third kappa shape index (κ3) is 2.55. The first kappa shape index (κ1) is 14.4. The van der Waals surface area contributed by atoms with Gasteiger partial charge in [-0.3, -0.25) is 9.69 Å². The number of carbonyl (C=O) groups excluding carboxylic acids is 1. The average molecular weight is 287 g/mol. The number of likely N-dealkylation sites (tertiary alicyclic amines) is 1. The molecule has 2 atom stereocenters. The van der Waals surface area contributed by atoms with E-state index in [9.17, 15) is 4.79 Å². The number of hydrogen-bond donors (Lipinski definition) is 0. The van der Waals surface area contributed by atoms with Crippen molar-refractivity contribution in [3.05, 3.63) is 48.0 Å². The van der Waals surface area contributed by atoms with E-state index in [0.29, 0.717) is 0 Å². The van der Waals surface area contributed by atoms with Crippen molar-refractivity contribution in [2.75, 3.05) is 27.3 Å². The first-order valence-corrected chi connectivity index (χ1v) is 7.28. The molecular formula is C17H21NO3. The Kier molecular flexibility index (Phi) is 3.93. The molecule has 0 amide bonds. The van der Waals surface area contributed by atoms with E-state index in [1.807, 2.05) is 18.2 Å². The van der Waals surface area contributed by atoms with E-state index < -0.39 is 5.79 Å².